The van der Waals surface area contributed by atoms with Crippen molar-refractivity contribution in [3.63, 3.8) is 0 Å². The number of hydrogen-bond donors (Lipinski definition) is 3. The van der Waals surface area contributed by atoms with Crippen LogP contribution in [-0.2, 0) is 24.6 Å². The molecule has 3 atom stereocenters. The monoisotopic (exact) mass is 436 g/mol. The van der Waals surface area contributed by atoms with Gasteiger partial charge in [0.05, 0.1) is 12.1 Å². The third-order valence-electron chi connectivity index (χ3n) is 3.07. The first-order valence-corrected chi connectivity index (χ1v) is 6.62. The van der Waals surface area contributed by atoms with Gasteiger partial charge < -0.3 is 15.7 Å². The molecule has 0 aliphatic carbocycles. The van der Waals surface area contributed by atoms with Gasteiger partial charge in [0.1, 0.15) is 0 Å². The quantitative estimate of drug-likeness (QED) is 0.442. The van der Waals surface area contributed by atoms with Gasteiger partial charge in [-0.15, -0.1) is 0 Å². The number of carboxylic acid groups (broad SMARTS) is 1. The van der Waals surface area contributed by atoms with Crippen molar-refractivity contribution in [2.75, 3.05) is 5.75 Å². The van der Waals surface area contributed by atoms with Gasteiger partial charge in [-0.2, -0.15) is 11.8 Å². The average Bonchev–Trinajstić information content (AvgIpc) is 2.72. The summed E-state index contributed by atoms with van der Waals surface area (Å²) in [5.74, 6) is 0.236. The molecule has 0 radical (unpaired) electrons. The number of aliphatic carboxylic acids is 1. The van der Waals surface area contributed by atoms with Crippen molar-refractivity contribution < 1.29 is 34.5 Å². The second-order valence-electron chi connectivity index (χ2n) is 4.26. The Morgan fingerprint density at radius 1 is 1.41 bits per heavy atom. The summed E-state index contributed by atoms with van der Waals surface area (Å²) >= 11 is 1.87. The van der Waals surface area contributed by atoms with Crippen LogP contribution in [0.2, 0.25) is 0 Å². The van der Waals surface area contributed by atoms with Crippen LogP contribution in [0.3, 0.4) is 0 Å². The van der Waals surface area contributed by atoms with Crippen molar-refractivity contribution in [2.24, 2.45) is 0 Å². The number of thioether (sulfide) groups is 1. The van der Waals surface area contributed by atoms with Crippen molar-refractivity contribution in [3.8, 4) is 0 Å². The number of unbranched alkanes of at least 4 members (excludes halogenated alkanes) is 1. The van der Waals surface area contributed by atoms with Crippen molar-refractivity contribution in [2.45, 2.75) is 43.0 Å². The normalized spacial score (nSPS) is 30.1. The number of rotatable bonds is 5. The number of carboxylic acids is 1. The molecular formula is C10H16N2O3OsS. The number of nitrogens with one attached hydrogen (secondary N) is 2. The zero-order valence-electron chi connectivity index (χ0n) is 9.29. The Balaban J connectivity index is 0.00000144. The molecule has 0 spiro atoms. The Labute approximate surface area is 118 Å². The van der Waals surface area contributed by atoms with Gasteiger partial charge in [-0.25, -0.2) is 4.79 Å². The summed E-state index contributed by atoms with van der Waals surface area (Å²) < 4.78 is 0. The number of hydrogen-bond acceptors (Lipinski definition) is 3. The van der Waals surface area contributed by atoms with Crippen LogP contribution in [0.1, 0.15) is 25.7 Å². The van der Waals surface area contributed by atoms with E-state index in [1.807, 2.05) is 11.8 Å². The molecule has 17 heavy (non-hydrogen) atoms. The SMILES string of the molecule is O=C(O)CCCC[C@@H]1SC[C@@H]2NC(=O)N[C@@H]21.[Os]. The molecule has 98 valence electrons. The van der Waals surface area contributed by atoms with E-state index in [4.69, 9.17) is 5.11 Å². The fraction of sp³-hybridized carbons (Fsp3) is 0.800. The molecule has 0 bridgehead atoms. The van der Waals surface area contributed by atoms with Gasteiger partial charge in [-0.3, -0.25) is 4.79 Å². The topological polar surface area (TPSA) is 78.4 Å². The molecule has 5 nitrogen and oxygen atoms in total. The molecule has 0 aromatic carbocycles. The zero-order chi connectivity index (χ0) is 11.5. The van der Waals surface area contributed by atoms with Crippen molar-refractivity contribution >= 4 is 23.8 Å². The first-order valence-electron chi connectivity index (χ1n) is 5.57. The van der Waals surface area contributed by atoms with Crippen molar-refractivity contribution in [3.05, 3.63) is 0 Å². The maximum Gasteiger partial charge on any atom is 0.315 e. The Morgan fingerprint density at radius 3 is 2.88 bits per heavy atom. The number of amides is 2. The van der Waals surface area contributed by atoms with E-state index in [2.05, 4.69) is 10.6 Å². The maximum atomic E-state index is 11.1. The first kappa shape index (κ1) is 14.8. The van der Waals surface area contributed by atoms with Crippen molar-refractivity contribution in [1.29, 1.82) is 0 Å². The van der Waals surface area contributed by atoms with Crippen LogP contribution in [0.15, 0.2) is 0 Å². The molecule has 2 saturated heterocycles. The predicted octanol–water partition coefficient (Wildman–Crippen LogP) is 0.794. The van der Waals surface area contributed by atoms with Crippen LogP contribution < -0.4 is 10.6 Å². The Hall–Kier alpha value is -0.274. The second-order valence-corrected chi connectivity index (χ2v) is 5.53. The molecule has 0 unspecified atom stereocenters. The minimum atomic E-state index is -0.729. The van der Waals surface area contributed by atoms with Gasteiger partial charge in [0.25, 0.3) is 0 Å². The minimum Gasteiger partial charge on any atom is -0.481 e. The number of carbonyl (C=O) groups is 2. The van der Waals surface area contributed by atoms with Crippen LogP contribution in [0, 0.1) is 0 Å². The summed E-state index contributed by atoms with van der Waals surface area (Å²) in [4.78, 5) is 21.5. The molecule has 2 aliphatic heterocycles. The molecule has 2 aliphatic rings. The Bertz CT molecular complexity index is 303. The van der Waals surface area contributed by atoms with Gasteiger partial charge in [-0.1, -0.05) is 6.42 Å². The third kappa shape index (κ3) is 3.85. The molecule has 0 aromatic rings. The molecule has 7 heteroatoms. The fourth-order valence-corrected chi connectivity index (χ4v) is 3.81. The van der Waals surface area contributed by atoms with Gasteiger partial charge in [0, 0.05) is 37.2 Å². The standard InChI is InChI=1S/C10H16N2O3S.Os/c13-8(14)4-2-1-3-7-9-6(5-16-7)11-10(15)12-9;/h6-7,9H,1-5H2,(H,13,14)(H2,11,12,15);/t6-,7-,9-;/m0./s1. The van der Waals surface area contributed by atoms with E-state index in [1.54, 1.807) is 0 Å². The van der Waals surface area contributed by atoms with Crippen LogP contribution >= 0.6 is 11.8 Å². The molecule has 0 saturated carbocycles. The van der Waals surface area contributed by atoms with E-state index in [0.29, 0.717) is 5.25 Å². The van der Waals surface area contributed by atoms with Crippen LogP contribution in [0.5, 0.6) is 0 Å². The van der Waals surface area contributed by atoms with E-state index >= 15 is 0 Å². The summed E-state index contributed by atoms with van der Waals surface area (Å²) in [5, 5.41) is 14.8. The van der Waals surface area contributed by atoms with E-state index in [-0.39, 0.29) is 44.3 Å². The van der Waals surface area contributed by atoms with E-state index in [9.17, 15) is 9.59 Å². The smallest absolute Gasteiger partial charge is 0.315 e. The van der Waals surface area contributed by atoms with E-state index in [1.165, 1.54) is 0 Å². The maximum absolute atomic E-state index is 11.1. The average molecular weight is 435 g/mol. The molecule has 2 heterocycles. The summed E-state index contributed by atoms with van der Waals surface area (Å²) in [6.45, 7) is 0. The summed E-state index contributed by atoms with van der Waals surface area (Å²) in [5.41, 5.74) is 0. The molecule has 3 N–H and O–H groups in total. The second kappa shape index (κ2) is 6.60. The van der Waals surface area contributed by atoms with Crippen LogP contribution in [0.4, 0.5) is 4.79 Å². The predicted molar refractivity (Wildman–Crippen MR) is 61.6 cm³/mol. The summed E-state index contributed by atoms with van der Waals surface area (Å²) in [6, 6.07) is 0.440. The summed E-state index contributed by atoms with van der Waals surface area (Å²) in [6.07, 6.45) is 2.88. The Kier molecular flexibility index (Phi) is 5.74. The molecule has 0 aromatic heterocycles. The van der Waals surface area contributed by atoms with Gasteiger partial charge in [0.2, 0.25) is 0 Å². The third-order valence-corrected chi connectivity index (χ3v) is 4.58. The first-order chi connectivity index (χ1) is 7.66. The molecular weight excluding hydrogens is 418 g/mol. The van der Waals surface area contributed by atoms with E-state index in [0.717, 1.165) is 25.0 Å². The molecule has 2 amide bonds. The molecule has 2 rings (SSSR count). The largest absolute Gasteiger partial charge is 0.481 e. The van der Waals surface area contributed by atoms with Gasteiger partial charge >= 0.3 is 12.0 Å². The summed E-state index contributed by atoms with van der Waals surface area (Å²) in [7, 11) is 0. The fourth-order valence-electron chi connectivity index (χ4n) is 2.26. The van der Waals surface area contributed by atoms with Crippen LogP contribution in [-0.4, -0.2) is 40.2 Å². The number of fused-ring (bicyclic) bond motifs is 1. The minimum absolute atomic E-state index is 0. The Morgan fingerprint density at radius 2 is 2.18 bits per heavy atom. The van der Waals surface area contributed by atoms with Gasteiger partial charge in [-0.05, 0) is 12.8 Å². The van der Waals surface area contributed by atoms with E-state index < -0.39 is 5.97 Å². The van der Waals surface area contributed by atoms with Gasteiger partial charge in [0.15, 0.2) is 0 Å². The van der Waals surface area contributed by atoms with Crippen molar-refractivity contribution in [1.82, 2.24) is 10.6 Å². The van der Waals surface area contributed by atoms with Crippen LogP contribution in [0.25, 0.3) is 0 Å². The zero-order valence-corrected chi connectivity index (χ0v) is 12.6. The number of urea groups is 1. The number of carbonyl (C=O) groups excluding carboxylic acids is 1. The molecule has 2 fully saturated rings.